The molecule has 3 N–H and O–H groups in total. The number of carboxylic acid groups (broad SMARTS) is 1. The van der Waals surface area contributed by atoms with E-state index in [-0.39, 0.29) is 12.2 Å². The van der Waals surface area contributed by atoms with Gasteiger partial charge in [-0.05, 0) is 12.1 Å². The molecule has 4 nitrogen and oxygen atoms in total. The number of carboxylic acids is 1. The highest BCUT2D eigenvalue weighted by molar-refractivity contribution is 5.70. The predicted molar refractivity (Wildman–Crippen MR) is 57.9 cm³/mol. The Morgan fingerprint density at radius 3 is 2.69 bits per heavy atom. The molecule has 2 rings (SSSR count). The van der Waals surface area contributed by atoms with Crippen LogP contribution < -0.4 is 10.6 Å². The first-order valence-corrected chi connectivity index (χ1v) is 5.07. The van der Waals surface area contributed by atoms with Gasteiger partial charge in [0.2, 0.25) is 0 Å². The molecule has 0 unspecified atom stereocenters. The maximum atomic E-state index is 13.4. The summed E-state index contributed by atoms with van der Waals surface area (Å²) in [6.07, 6.45) is -0.0195. The number of hydrogen-bond donors (Lipinski definition) is 3. The number of carbonyl (C=O) groups is 1. The van der Waals surface area contributed by atoms with E-state index in [2.05, 4.69) is 10.6 Å². The normalized spacial score (nSPS) is 17.6. The highest BCUT2D eigenvalue weighted by Crippen LogP contribution is 2.24. The number of rotatable bonds is 4. The lowest BCUT2D eigenvalue weighted by Crippen LogP contribution is -2.65. The molecular formula is C11H13FN2O2. The molecule has 0 spiro atoms. The van der Waals surface area contributed by atoms with Crippen LogP contribution in [0.3, 0.4) is 0 Å². The third kappa shape index (κ3) is 2.14. The van der Waals surface area contributed by atoms with Gasteiger partial charge in [-0.1, -0.05) is 12.1 Å². The van der Waals surface area contributed by atoms with Crippen LogP contribution in [0.5, 0.6) is 0 Å². The van der Waals surface area contributed by atoms with Crippen molar-refractivity contribution in [3.8, 4) is 0 Å². The molecule has 1 fully saturated rings. The molecule has 0 atom stereocenters. The molecule has 0 amide bonds. The van der Waals surface area contributed by atoms with Crippen molar-refractivity contribution in [2.45, 2.75) is 12.0 Å². The van der Waals surface area contributed by atoms with Crippen molar-refractivity contribution in [3.05, 3.63) is 30.1 Å². The molecule has 5 heteroatoms. The van der Waals surface area contributed by atoms with E-state index in [1.54, 1.807) is 18.2 Å². The number of anilines is 1. The van der Waals surface area contributed by atoms with E-state index in [1.807, 2.05) is 0 Å². The van der Waals surface area contributed by atoms with E-state index < -0.39 is 11.5 Å². The summed E-state index contributed by atoms with van der Waals surface area (Å²) in [7, 11) is 0. The van der Waals surface area contributed by atoms with E-state index in [9.17, 15) is 9.18 Å². The van der Waals surface area contributed by atoms with Crippen molar-refractivity contribution in [1.82, 2.24) is 5.32 Å². The van der Waals surface area contributed by atoms with E-state index in [4.69, 9.17) is 5.11 Å². The third-order valence-corrected chi connectivity index (χ3v) is 2.69. The Labute approximate surface area is 92.5 Å². The maximum absolute atomic E-state index is 13.4. The van der Waals surface area contributed by atoms with Gasteiger partial charge in [0, 0.05) is 13.1 Å². The number of benzene rings is 1. The average molecular weight is 224 g/mol. The van der Waals surface area contributed by atoms with Crippen LogP contribution >= 0.6 is 0 Å². The Morgan fingerprint density at radius 2 is 2.19 bits per heavy atom. The van der Waals surface area contributed by atoms with Crippen molar-refractivity contribution in [3.63, 3.8) is 0 Å². The molecule has 1 aliphatic rings. The Balaban J connectivity index is 2.13. The molecule has 86 valence electrons. The van der Waals surface area contributed by atoms with Gasteiger partial charge in [-0.2, -0.15) is 0 Å². The molecule has 1 aromatic rings. The zero-order chi connectivity index (χ0) is 11.6. The van der Waals surface area contributed by atoms with Gasteiger partial charge < -0.3 is 15.7 Å². The summed E-state index contributed by atoms with van der Waals surface area (Å²) < 4.78 is 13.4. The average Bonchev–Trinajstić information content (AvgIpc) is 2.17. The fourth-order valence-electron chi connectivity index (χ4n) is 1.82. The molecule has 1 aliphatic heterocycles. The van der Waals surface area contributed by atoms with Crippen LogP contribution in [0.1, 0.15) is 6.42 Å². The van der Waals surface area contributed by atoms with Crippen LogP contribution in [0.2, 0.25) is 0 Å². The Bertz CT molecular complexity index is 405. The monoisotopic (exact) mass is 224 g/mol. The quantitative estimate of drug-likeness (QED) is 0.715. The van der Waals surface area contributed by atoms with Crippen molar-refractivity contribution in [2.24, 2.45) is 0 Å². The zero-order valence-electron chi connectivity index (χ0n) is 8.66. The summed E-state index contributed by atoms with van der Waals surface area (Å²) in [6.45, 7) is 1.07. The number of hydrogen-bond acceptors (Lipinski definition) is 3. The molecule has 0 saturated carbocycles. The van der Waals surface area contributed by atoms with Crippen LogP contribution in [-0.2, 0) is 4.79 Å². The summed E-state index contributed by atoms with van der Waals surface area (Å²) in [4.78, 5) is 10.7. The van der Waals surface area contributed by atoms with Gasteiger partial charge in [-0.15, -0.1) is 0 Å². The molecule has 16 heavy (non-hydrogen) atoms. The van der Waals surface area contributed by atoms with Crippen molar-refractivity contribution in [1.29, 1.82) is 0 Å². The molecular weight excluding hydrogens is 211 g/mol. The Hall–Kier alpha value is -1.62. The molecule has 1 heterocycles. The first-order valence-electron chi connectivity index (χ1n) is 5.07. The second-order valence-corrected chi connectivity index (χ2v) is 4.06. The summed E-state index contributed by atoms with van der Waals surface area (Å²) in [5, 5.41) is 14.8. The molecule has 0 aromatic heterocycles. The number of nitrogens with one attached hydrogen (secondary N) is 2. The number of para-hydroxylation sites is 1. The largest absolute Gasteiger partial charge is 0.481 e. The first kappa shape index (κ1) is 10.9. The highest BCUT2D eigenvalue weighted by Gasteiger charge is 2.39. The molecule has 0 aliphatic carbocycles. The van der Waals surface area contributed by atoms with Crippen LogP contribution in [0.25, 0.3) is 0 Å². The molecule has 1 aromatic carbocycles. The summed E-state index contributed by atoms with van der Waals surface area (Å²) in [5.41, 5.74) is -0.209. The lowest BCUT2D eigenvalue weighted by Gasteiger charge is -2.43. The lowest BCUT2D eigenvalue weighted by atomic mass is 9.88. The highest BCUT2D eigenvalue weighted by atomic mass is 19.1. The van der Waals surface area contributed by atoms with Crippen LogP contribution in [-0.4, -0.2) is 29.7 Å². The molecule has 0 radical (unpaired) electrons. The minimum atomic E-state index is -0.884. The van der Waals surface area contributed by atoms with Gasteiger partial charge in [-0.3, -0.25) is 4.79 Å². The third-order valence-electron chi connectivity index (χ3n) is 2.69. The van der Waals surface area contributed by atoms with Gasteiger partial charge in [0.15, 0.2) is 0 Å². The minimum absolute atomic E-state index is 0.0195. The van der Waals surface area contributed by atoms with Gasteiger partial charge in [0.25, 0.3) is 0 Å². The SMILES string of the molecule is O=C(O)CC1(Nc2ccccc2F)CNC1. The Kier molecular flexibility index (Phi) is 2.78. The van der Waals surface area contributed by atoms with Crippen molar-refractivity contribution >= 4 is 11.7 Å². The van der Waals surface area contributed by atoms with Crippen LogP contribution in [0.15, 0.2) is 24.3 Å². The lowest BCUT2D eigenvalue weighted by molar-refractivity contribution is -0.138. The van der Waals surface area contributed by atoms with Gasteiger partial charge in [0.1, 0.15) is 5.82 Å². The van der Waals surface area contributed by atoms with Gasteiger partial charge >= 0.3 is 5.97 Å². The zero-order valence-corrected chi connectivity index (χ0v) is 8.66. The van der Waals surface area contributed by atoms with Crippen molar-refractivity contribution < 1.29 is 14.3 Å². The van der Waals surface area contributed by atoms with E-state index in [0.29, 0.717) is 18.8 Å². The predicted octanol–water partition coefficient (Wildman–Crippen LogP) is 1.05. The first-order chi connectivity index (χ1) is 7.61. The van der Waals surface area contributed by atoms with Crippen LogP contribution in [0, 0.1) is 5.82 Å². The fourth-order valence-corrected chi connectivity index (χ4v) is 1.82. The van der Waals surface area contributed by atoms with Gasteiger partial charge in [0.05, 0.1) is 17.6 Å². The van der Waals surface area contributed by atoms with E-state index in [0.717, 1.165) is 0 Å². The molecule has 0 bridgehead atoms. The summed E-state index contributed by atoms with van der Waals surface area (Å²) in [6, 6.07) is 6.27. The van der Waals surface area contributed by atoms with Crippen LogP contribution in [0.4, 0.5) is 10.1 Å². The smallest absolute Gasteiger partial charge is 0.305 e. The second kappa shape index (κ2) is 4.09. The second-order valence-electron chi connectivity index (χ2n) is 4.06. The number of aliphatic carboxylic acids is 1. The summed E-state index contributed by atoms with van der Waals surface area (Å²) >= 11 is 0. The van der Waals surface area contributed by atoms with Gasteiger partial charge in [-0.25, -0.2) is 4.39 Å². The fraction of sp³-hybridized carbons (Fsp3) is 0.364. The molecule has 1 saturated heterocycles. The minimum Gasteiger partial charge on any atom is -0.481 e. The van der Waals surface area contributed by atoms with E-state index in [1.165, 1.54) is 6.07 Å². The topological polar surface area (TPSA) is 61.4 Å². The standard InChI is InChI=1S/C11H13FN2O2/c12-8-3-1-2-4-9(8)14-11(5-10(15)16)6-13-7-11/h1-4,13-14H,5-7H2,(H,15,16). The van der Waals surface area contributed by atoms with E-state index >= 15 is 0 Å². The summed E-state index contributed by atoms with van der Waals surface area (Å²) in [5.74, 6) is -1.25. The van der Waals surface area contributed by atoms with Crippen molar-refractivity contribution in [2.75, 3.05) is 18.4 Å². The number of halogens is 1. The Morgan fingerprint density at radius 1 is 1.50 bits per heavy atom. The maximum Gasteiger partial charge on any atom is 0.305 e.